The molecule has 0 aliphatic carbocycles. The molecule has 6 heteroatoms. The lowest BCUT2D eigenvalue weighted by Gasteiger charge is -2.39. The van der Waals surface area contributed by atoms with Gasteiger partial charge in [0.25, 0.3) is 0 Å². The van der Waals surface area contributed by atoms with Gasteiger partial charge in [-0.15, -0.1) is 0 Å². The molecule has 2 unspecified atom stereocenters. The van der Waals surface area contributed by atoms with Gasteiger partial charge in [-0.05, 0) is 13.3 Å². The molecule has 0 bridgehead atoms. The zero-order chi connectivity index (χ0) is 13.3. The predicted molar refractivity (Wildman–Crippen MR) is 63.8 cm³/mol. The van der Waals surface area contributed by atoms with Crippen molar-refractivity contribution in [3.63, 3.8) is 0 Å². The summed E-state index contributed by atoms with van der Waals surface area (Å²) in [5, 5.41) is 10.0. The third-order valence-corrected chi connectivity index (χ3v) is 3.74. The first-order valence-corrected chi connectivity index (χ1v) is 6.26. The van der Waals surface area contributed by atoms with E-state index in [4.69, 9.17) is 0 Å². The van der Waals surface area contributed by atoms with E-state index < -0.39 is 11.6 Å². The van der Waals surface area contributed by atoms with E-state index in [-0.39, 0.29) is 18.5 Å². The molecular formula is C12H20N2O4. The van der Waals surface area contributed by atoms with Crippen molar-refractivity contribution in [2.24, 2.45) is 0 Å². The molecule has 0 saturated carbocycles. The summed E-state index contributed by atoms with van der Waals surface area (Å²) < 4.78 is 4.58. The van der Waals surface area contributed by atoms with Crippen LogP contribution in [0, 0.1) is 0 Å². The predicted octanol–water partition coefficient (Wildman–Crippen LogP) is -0.783. The van der Waals surface area contributed by atoms with E-state index in [0.717, 1.165) is 13.0 Å². The van der Waals surface area contributed by atoms with Crippen LogP contribution in [0.5, 0.6) is 0 Å². The second-order valence-electron chi connectivity index (χ2n) is 5.28. The van der Waals surface area contributed by atoms with Gasteiger partial charge < -0.3 is 14.7 Å². The fourth-order valence-corrected chi connectivity index (χ4v) is 2.79. The van der Waals surface area contributed by atoms with Crippen LogP contribution in [0.2, 0.25) is 0 Å². The van der Waals surface area contributed by atoms with Crippen LogP contribution in [-0.2, 0) is 14.3 Å². The molecule has 2 saturated heterocycles. The number of fused-ring (bicyclic) bond motifs is 1. The van der Waals surface area contributed by atoms with Crippen LogP contribution in [0.15, 0.2) is 0 Å². The summed E-state index contributed by atoms with van der Waals surface area (Å²) in [6.45, 7) is 3.80. The van der Waals surface area contributed by atoms with Crippen LogP contribution in [0.4, 0.5) is 0 Å². The summed E-state index contributed by atoms with van der Waals surface area (Å²) in [7, 11) is 1.27. The molecular weight excluding hydrogens is 236 g/mol. The van der Waals surface area contributed by atoms with E-state index in [1.165, 1.54) is 14.0 Å². The van der Waals surface area contributed by atoms with Crippen molar-refractivity contribution in [2.75, 3.05) is 33.3 Å². The Bertz CT molecular complexity index is 356. The van der Waals surface area contributed by atoms with Crippen LogP contribution in [0.25, 0.3) is 0 Å². The van der Waals surface area contributed by atoms with Gasteiger partial charge in [-0.25, -0.2) is 4.79 Å². The van der Waals surface area contributed by atoms with E-state index in [1.54, 1.807) is 0 Å². The Labute approximate surface area is 106 Å². The summed E-state index contributed by atoms with van der Waals surface area (Å²) >= 11 is 0. The van der Waals surface area contributed by atoms with Crippen LogP contribution >= 0.6 is 0 Å². The maximum absolute atomic E-state index is 11.5. The molecule has 18 heavy (non-hydrogen) atoms. The lowest BCUT2D eigenvalue weighted by Crippen LogP contribution is -2.56. The minimum Gasteiger partial charge on any atom is -0.467 e. The Morgan fingerprint density at radius 3 is 2.94 bits per heavy atom. The van der Waals surface area contributed by atoms with Crippen molar-refractivity contribution in [3.8, 4) is 0 Å². The molecule has 2 fully saturated rings. The van der Waals surface area contributed by atoms with Gasteiger partial charge in [0.2, 0.25) is 5.91 Å². The summed E-state index contributed by atoms with van der Waals surface area (Å²) in [6.07, 6.45) is 1.49. The monoisotopic (exact) mass is 256 g/mol. The van der Waals surface area contributed by atoms with Crippen molar-refractivity contribution in [1.82, 2.24) is 9.80 Å². The van der Waals surface area contributed by atoms with Gasteiger partial charge in [0.15, 0.2) is 5.60 Å². The Balaban J connectivity index is 1.93. The molecule has 2 rings (SSSR count). The number of ether oxygens (including phenoxy) is 1. The molecule has 2 aliphatic rings. The van der Waals surface area contributed by atoms with Crippen molar-refractivity contribution in [1.29, 1.82) is 0 Å². The number of methoxy groups -OCH3 is 1. The molecule has 6 nitrogen and oxygen atoms in total. The number of piperazine rings is 1. The topological polar surface area (TPSA) is 70.1 Å². The molecule has 0 aromatic heterocycles. The van der Waals surface area contributed by atoms with Gasteiger partial charge in [0.05, 0.1) is 7.11 Å². The number of carbonyl (C=O) groups excluding carboxylic acids is 2. The van der Waals surface area contributed by atoms with Gasteiger partial charge in [0, 0.05) is 38.6 Å². The molecule has 0 radical (unpaired) electrons. The highest BCUT2D eigenvalue weighted by Gasteiger charge is 2.39. The minimum atomic E-state index is -1.49. The van der Waals surface area contributed by atoms with Crippen LogP contribution < -0.4 is 0 Å². The fourth-order valence-electron chi connectivity index (χ4n) is 2.79. The number of nitrogens with zero attached hydrogens (tertiary/aromatic N) is 2. The van der Waals surface area contributed by atoms with E-state index in [2.05, 4.69) is 4.74 Å². The van der Waals surface area contributed by atoms with E-state index >= 15 is 0 Å². The second-order valence-corrected chi connectivity index (χ2v) is 5.28. The fraction of sp³-hybridized carbons (Fsp3) is 0.833. The highest BCUT2D eigenvalue weighted by molar-refractivity contribution is 5.79. The van der Waals surface area contributed by atoms with Gasteiger partial charge in [-0.1, -0.05) is 0 Å². The highest BCUT2D eigenvalue weighted by atomic mass is 16.5. The lowest BCUT2D eigenvalue weighted by molar-refractivity contribution is -0.163. The smallest absolute Gasteiger partial charge is 0.338 e. The standard InChI is InChI=1S/C12H20N2O4/c1-12(17,11(16)18-2)8-13-5-6-14-9(7-13)3-4-10(14)15/h9,17H,3-8H2,1-2H3. The van der Waals surface area contributed by atoms with Crippen molar-refractivity contribution < 1.29 is 19.4 Å². The molecule has 2 heterocycles. The van der Waals surface area contributed by atoms with Gasteiger partial charge in [0.1, 0.15) is 0 Å². The molecule has 0 spiro atoms. The van der Waals surface area contributed by atoms with E-state index in [9.17, 15) is 14.7 Å². The summed E-state index contributed by atoms with van der Waals surface area (Å²) in [5.41, 5.74) is -1.49. The van der Waals surface area contributed by atoms with Gasteiger partial charge in [-0.2, -0.15) is 0 Å². The quantitative estimate of drug-likeness (QED) is 0.671. The number of rotatable bonds is 3. The maximum atomic E-state index is 11.5. The molecule has 2 aliphatic heterocycles. The number of esters is 1. The first-order chi connectivity index (χ1) is 8.44. The number of carbonyl (C=O) groups is 2. The normalized spacial score (nSPS) is 27.8. The Morgan fingerprint density at radius 1 is 1.56 bits per heavy atom. The molecule has 102 valence electrons. The molecule has 1 N–H and O–H groups in total. The average molecular weight is 256 g/mol. The first kappa shape index (κ1) is 13.3. The molecule has 2 atom stereocenters. The number of hydrogen-bond acceptors (Lipinski definition) is 5. The molecule has 0 aromatic rings. The Kier molecular flexibility index (Phi) is 3.59. The Morgan fingerprint density at radius 2 is 2.28 bits per heavy atom. The largest absolute Gasteiger partial charge is 0.467 e. The van der Waals surface area contributed by atoms with Gasteiger partial charge >= 0.3 is 5.97 Å². The Hall–Kier alpha value is -1.14. The SMILES string of the molecule is COC(=O)C(C)(O)CN1CCN2C(=O)CCC2C1. The highest BCUT2D eigenvalue weighted by Crippen LogP contribution is 2.23. The lowest BCUT2D eigenvalue weighted by atomic mass is 10.0. The third-order valence-electron chi connectivity index (χ3n) is 3.74. The van der Waals surface area contributed by atoms with Gasteiger partial charge in [-0.3, -0.25) is 9.69 Å². The van der Waals surface area contributed by atoms with E-state index in [1.807, 2.05) is 9.80 Å². The first-order valence-electron chi connectivity index (χ1n) is 6.26. The molecule has 1 amide bonds. The van der Waals surface area contributed by atoms with Crippen LogP contribution in [-0.4, -0.2) is 71.7 Å². The maximum Gasteiger partial charge on any atom is 0.338 e. The number of aliphatic hydroxyl groups is 1. The summed E-state index contributed by atoms with van der Waals surface area (Å²) in [6, 6.07) is 0.236. The minimum absolute atomic E-state index is 0.222. The number of amides is 1. The van der Waals surface area contributed by atoms with Crippen LogP contribution in [0.3, 0.4) is 0 Å². The summed E-state index contributed by atoms with van der Waals surface area (Å²) in [4.78, 5) is 26.9. The van der Waals surface area contributed by atoms with Crippen molar-refractivity contribution >= 4 is 11.9 Å². The van der Waals surface area contributed by atoms with Crippen molar-refractivity contribution in [2.45, 2.75) is 31.4 Å². The van der Waals surface area contributed by atoms with Crippen LogP contribution in [0.1, 0.15) is 19.8 Å². The van der Waals surface area contributed by atoms with Crippen molar-refractivity contribution in [3.05, 3.63) is 0 Å². The second kappa shape index (κ2) is 4.85. The summed E-state index contributed by atoms with van der Waals surface area (Å²) in [5.74, 6) is -0.396. The van der Waals surface area contributed by atoms with E-state index in [0.29, 0.717) is 19.5 Å². The number of hydrogen-bond donors (Lipinski definition) is 1. The zero-order valence-electron chi connectivity index (χ0n) is 10.9. The third kappa shape index (κ3) is 2.49. The number of β-amino-alcohol motifs (C(OH)–C–C–N with tert-alkyl or cyclic N) is 1. The molecule has 0 aromatic carbocycles. The average Bonchev–Trinajstić information content (AvgIpc) is 2.69. The zero-order valence-corrected chi connectivity index (χ0v) is 10.9.